The van der Waals surface area contributed by atoms with Crippen molar-refractivity contribution in [3.63, 3.8) is 0 Å². The van der Waals surface area contributed by atoms with E-state index in [4.69, 9.17) is 42.9 Å². The summed E-state index contributed by atoms with van der Waals surface area (Å²) in [6, 6.07) is 0. The number of carbonyl (C=O) groups is 2. The Kier molecular flexibility index (Phi) is 12.4. The third-order valence-electron chi connectivity index (χ3n) is 17.5. The molecule has 10 aliphatic heterocycles. The number of nitrogens with zero attached hydrogens (tertiary/aromatic N) is 1. The number of ketones is 1. The number of amides is 1. The van der Waals surface area contributed by atoms with Crippen LogP contribution < -0.4 is 5.32 Å². The second-order valence-electron chi connectivity index (χ2n) is 21.5. The van der Waals surface area contributed by atoms with Crippen molar-refractivity contribution in [1.82, 2.24) is 5.32 Å². The van der Waals surface area contributed by atoms with Gasteiger partial charge in [-0.05, 0) is 87.5 Å². The molecule has 10 heterocycles. The monoisotopic (exact) mass is 885 g/mol. The predicted octanol–water partition coefficient (Wildman–Crippen LogP) is 3.71. The highest BCUT2D eigenvalue weighted by Gasteiger charge is 2.68. The van der Waals surface area contributed by atoms with Gasteiger partial charge in [0.2, 0.25) is 11.6 Å². The SMILES string of the molecule is C=C1C[C@@H]2CC[C@@]3(O)CC(O)[C@H](C)[C@@H]4CC5[C@H]4O[C@H]4CC[C@@H]6CC(=O)C[C@@H]7[C@@H](OC)[C@@H](C[C@@H](CNC(=O)C8(CO)CC8)OC)O[C@H]7C[C@H]7O[C@@H](CC[C@@H]1O2)C[C@@H](C)C7=N[C@@]4(O6)[C@@H]5O3. The quantitative estimate of drug-likeness (QED) is 0.258. The molecule has 0 aromatic carbocycles. The number of nitrogens with one attached hydrogen (secondary N) is 1. The molecule has 63 heavy (non-hydrogen) atoms. The number of fused-ring (bicyclic) bond motifs is 7. The minimum absolute atomic E-state index is 0.0152. The number of aliphatic hydroxyl groups is 3. The molecule has 0 aromatic rings. The zero-order chi connectivity index (χ0) is 44.0. The summed E-state index contributed by atoms with van der Waals surface area (Å²) in [6.45, 7) is 8.78. The molecular weight excluding hydrogens is 813 g/mol. The van der Waals surface area contributed by atoms with E-state index in [1.54, 1.807) is 14.2 Å². The Bertz CT molecular complexity index is 1780. The second-order valence-corrected chi connectivity index (χ2v) is 21.5. The van der Waals surface area contributed by atoms with Gasteiger partial charge in [-0.15, -0.1) is 0 Å². The maximum atomic E-state index is 14.5. The van der Waals surface area contributed by atoms with Crippen molar-refractivity contribution in [2.24, 2.45) is 40.0 Å². The van der Waals surface area contributed by atoms with Crippen molar-refractivity contribution in [2.45, 2.75) is 207 Å². The molecule has 0 aromatic heterocycles. The first-order valence-electron chi connectivity index (χ1n) is 24.4. The number of aliphatic imine (C=N–C) groups is 1. The van der Waals surface area contributed by atoms with Crippen molar-refractivity contribution in [3.8, 4) is 0 Å². The van der Waals surface area contributed by atoms with Crippen LogP contribution in [-0.2, 0) is 47.5 Å². The van der Waals surface area contributed by atoms with Crippen LogP contribution in [0.2, 0.25) is 0 Å². The molecule has 9 fully saturated rings. The van der Waals surface area contributed by atoms with Gasteiger partial charge in [-0.3, -0.25) is 14.6 Å². The summed E-state index contributed by atoms with van der Waals surface area (Å²) < 4.78 is 54.6. The number of ether oxygens (including phenoxy) is 8. The molecule has 1 amide bonds. The van der Waals surface area contributed by atoms with Gasteiger partial charge in [0.1, 0.15) is 18.0 Å². The van der Waals surface area contributed by atoms with E-state index in [0.29, 0.717) is 51.4 Å². The Morgan fingerprint density at radius 3 is 2.46 bits per heavy atom. The minimum Gasteiger partial charge on any atom is -0.395 e. The number of Topliss-reactive ketones (excluding diaryl/α,β-unsaturated/α-hetero) is 1. The van der Waals surface area contributed by atoms with Crippen molar-refractivity contribution in [3.05, 3.63) is 12.2 Å². The second kappa shape index (κ2) is 17.3. The number of carbonyl (C=O) groups excluding carboxylic acids is 2. The fourth-order valence-corrected chi connectivity index (χ4v) is 13.4. The van der Waals surface area contributed by atoms with Gasteiger partial charge in [0.15, 0.2) is 5.79 Å². The molecule has 1 spiro atoms. The zero-order valence-electron chi connectivity index (χ0n) is 37.7. The maximum Gasteiger partial charge on any atom is 0.228 e. The third-order valence-corrected chi connectivity index (χ3v) is 17.5. The van der Waals surface area contributed by atoms with Crippen molar-refractivity contribution in [1.29, 1.82) is 0 Å². The zero-order valence-corrected chi connectivity index (χ0v) is 37.7. The lowest BCUT2D eigenvalue weighted by molar-refractivity contribution is -0.373. The topological polar surface area (TPSA) is 193 Å². The van der Waals surface area contributed by atoms with Crippen LogP contribution in [-0.4, -0.2) is 151 Å². The first-order chi connectivity index (χ1) is 30.2. The van der Waals surface area contributed by atoms with Gasteiger partial charge in [0, 0.05) is 76.8 Å². The van der Waals surface area contributed by atoms with Gasteiger partial charge in [-0.2, -0.15) is 0 Å². The maximum absolute atomic E-state index is 14.5. The predicted molar refractivity (Wildman–Crippen MR) is 226 cm³/mol. The summed E-state index contributed by atoms with van der Waals surface area (Å²) in [7, 11) is 3.28. The Labute approximate surface area is 371 Å². The standard InChI is InChI=1S/C48H72N2O13/c1-24-14-29-10-11-47(55)21-35(53)26(3)32-19-34-42(32)61-40-9-7-30-16-27(52)17-33-37(60-39(43(33)57-5)18-31(56-4)22-49-45(54)46(23-51)12-13-46)20-38-41(50-48(40,62-30)44(34)63-47)25(2)15-28(59-38)6-8-36(24)58-29/h25-26,28-40,42-44,51,53,55H,1,6-23H2,2-5H3,(H,49,54)/t25-,26-,28+,29+,30-,31+,32+,33+,34?,35?,36+,37+,38-,39-,40+,42+,43-,44-,47+,48+/m1/s1. The normalized spacial score (nSPS) is 49.4. The van der Waals surface area contributed by atoms with Crippen molar-refractivity contribution in [2.75, 3.05) is 27.4 Å². The Balaban J connectivity index is 1.02. The van der Waals surface area contributed by atoms with Gasteiger partial charge in [-0.25, -0.2) is 0 Å². The van der Waals surface area contributed by atoms with Crippen LogP contribution >= 0.6 is 0 Å². The molecule has 2 unspecified atom stereocenters. The lowest BCUT2D eigenvalue weighted by Crippen LogP contribution is -2.73. The van der Waals surface area contributed by atoms with E-state index in [2.05, 4.69) is 25.7 Å². The number of methoxy groups -OCH3 is 2. The highest BCUT2D eigenvalue weighted by molar-refractivity contribution is 5.92. The summed E-state index contributed by atoms with van der Waals surface area (Å²) in [5.41, 5.74) is -0.155. The molecule has 7 saturated heterocycles. The molecule has 12 bridgehead atoms. The van der Waals surface area contributed by atoms with E-state index >= 15 is 0 Å². The van der Waals surface area contributed by atoms with Crippen molar-refractivity contribution >= 4 is 17.4 Å². The van der Waals surface area contributed by atoms with Gasteiger partial charge in [-0.1, -0.05) is 20.4 Å². The molecule has 2 saturated carbocycles. The molecule has 15 heteroatoms. The smallest absolute Gasteiger partial charge is 0.228 e. The Morgan fingerprint density at radius 1 is 0.905 bits per heavy atom. The van der Waals surface area contributed by atoms with E-state index in [1.165, 1.54) is 0 Å². The fourth-order valence-electron chi connectivity index (χ4n) is 13.4. The van der Waals surface area contributed by atoms with Crippen LogP contribution in [0, 0.1) is 35.0 Å². The summed E-state index contributed by atoms with van der Waals surface area (Å²) in [4.78, 5) is 33.2. The number of hydrogen-bond acceptors (Lipinski definition) is 14. The fraction of sp³-hybridized carbons (Fsp3) is 0.896. The van der Waals surface area contributed by atoms with E-state index < -0.39 is 71.9 Å². The summed E-state index contributed by atoms with van der Waals surface area (Å²) >= 11 is 0. The average Bonchev–Trinajstić information content (AvgIpc) is 3.87. The molecular formula is C48H72N2O13. The van der Waals surface area contributed by atoms with Crippen molar-refractivity contribution < 1.29 is 62.8 Å². The average molecular weight is 885 g/mol. The number of hydrogen-bond donors (Lipinski definition) is 4. The Hall–Kier alpha value is -1.89. The van der Waals surface area contributed by atoms with Crippen LogP contribution in [0.4, 0.5) is 0 Å². The highest BCUT2D eigenvalue weighted by atomic mass is 16.7. The van der Waals surface area contributed by atoms with Gasteiger partial charge in [0.05, 0.1) is 79.2 Å². The summed E-state index contributed by atoms with van der Waals surface area (Å²) in [5.74, 6) is -2.27. The van der Waals surface area contributed by atoms with Crippen LogP contribution in [0.5, 0.6) is 0 Å². The van der Waals surface area contributed by atoms with E-state index in [-0.39, 0.29) is 105 Å². The molecule has 0 radical (unpaired) electrons. The molecule has 2 aliphatic carbocycles. The molecule has 4 N–H and O–H groups in total. The molecule has 12 rings (SSSR count). The van der Waals surface area contributed by atoms with E-state index in [9.17, 15) is 24.9 Å². The van der Waals surface area contributed by atoms with Gasteiger partial charge < -0.3 is 58.5 Å². The third kappa shape index (κ3) is 8.22. The largest absolute Gasteiger partial charge is 0.395 e. The van der Waals surface area contributed by atoms with E-state index in [0.717, 1.165) is 37.0 Å². The molecule has 352 valence electrons. The molecule has 12 aliphatic rings. The van der Waals surface area contributed by atoms with Crippen LogP contribution in [0.15, 0.2) is 17.1 Å². The molecule has 20 atom stereocenters. The Morgan fingerprint density at radius 2 is 1.70 bits per heavy atom. The van der Waals surface area contributed by atoms with Crippen LogP contribution in [0.3, 0.4) is 0 Å². The van der Waals surface area contributed by atoms with Crippen LogP contribution in [0.25, 0.3) is 0 Å². The highest BCUT2D eigenvalue weighted by Crippen LogP contribution is 2.59. The summed E-state index contributed by atoms with van der Waals surface area (Å²) in [6.07, 6.45) is 3.18. The summed E-state index contributed by atoms with van der Waals surface area (Å²) in [5, 5.41) is 37.3. The first-order valence-corrected chi connectivity index (χ1v) is 24.4. The molecule has 15 nitrogen and oxygen atoms in total. The lowest BCUT2D eigenvalue weighted by atomic mass is 9.59. The lowest BCUT2D eigenvalue weighted by Gasteiger charge is -2.62. The first kappa shape index (κ1) is 44.9. The van der Waals surface area contributed by atoms with Crippen LogP contribution in [0.1, 0.15) is 117 Å². The number of aliphatic hydroxyl groups excluding tert-OH is 2. The van der Waals surface area contributed by atoms with Gasteiger partial charge in [0.25, 0.3) is 0 Å². The minimum atomic E-state index is -1.69. The van der Waals surface area contributed by atoms with E-state index in [1.807, 2.05) is 0 Å². The number of rotatable bonds is 8. The van der Waals surface area contributed by atoms with Gasteiger partial charge >= 0.3 is 0 Å².